The third-order valence-electron chi connectivity index (χ3n) is 2.75. The van der Waals surface area contributed by atoms with Crippen LogP contribution in [0.25, 0.3) is 0 Å². The Hall–Kier alpha value is -1.19. The molecule has 124 valence electrons. The van der Waals surface area contributed by atoms with Gasteiger partial charge >= 0.3 is 0 Å². The largest absolute Gasteiger partial charge is 0.368 e. The number of aromatic nitrogens is 1. The van der Waals surface area contributed by atoms with Crippen molar-refractivity contribution in [1.82, 2.24) is 15.2 Å². The molecule has 1 heterocycles. The van der Waals surface area contributed by atoms with Gasteiger partial charge in [0.05, 0.1) is 10.7 Å². The fourth-order valence-corrected chi connectivity index (χ4v) is 3.26. The number of nitrogens with zero attached hydrogens (tertiary/aromatic N) is 4. The second kappa shape index (κ2) is 10.5. The van der Waals surface area contributed by atoms with Crippen LogP contribution in [0.15, 0.2) is 10.4 Å². The van der Waals surface area contributed by atoms with Crippen molar-refractivity contribution in [1.29, 1.82) is 0 Å². The molecule has 0 atom stereocenters. The van der Waals surface area contributed by atoms with E-state index in [1.54, 1.807) is 30.1 Å². The van der Waals surface area contributed by atoms with E-state index in [0.717, 1.165) is 30.2 Å². The Morgan fingerprint density at radius 3 is 3.00 bits per heavy atom. The third kappa shape index (κ3) is 8.30. The molecule has 0 radical (unpaired) electrons. The Kier molecular flexibility index (Phi) is 9.02. The molecule has 0 aromatic carbocycles. The summed E-state index contributed by atoms with van der Waals surface area (Å²) in [7, 11) is 5.68. The highest BCUT2D eigenvalue weighted by atomic mass is 32.2. The van der Waals surface area contributed by atoms with Crippen LogP contribution in [0, 0.1) is 10.1 Å². The Balaban J connectivity index is 2.18. The standard InChI is InChI=1S/C13H23N5O2S2/c1-14-12(8-18(19)20)15-5-7-21-9-11-10-22-13(16-11)4-6-17(2)3/h10H,4-9H2,1-3H3,(H,14,15). The molecule has 0 saturated heterocycles. The molecule has 0 aliphatic heterocycles. The minimum atomic E-state index is -0.382. The van der Waals surface area contributed by atoms with Crippen LogP contribution in [0.1, 0.15) is 10.7 Å². The van der Waals surface area contributed by atoms with Crippen molar-refractivity contribution in [3.8, 4) is 0 Å². The summed E-state index contributed by atoms with van der Waals surface area (Å²) in [6.07, 6.45) is 0.987. The Labute approximate surface area is 139 Å². The number of thioether (sulfide) groups is 1. The Morgan fingerprint density at radius 1 is 1.59 bits per heavy atom. The van der Waals surface area contributed by atoms with Crippen molar-refractivity contribution in [2.45, 2.75) is 12.2 Å². The van der Waals surface area contributed by atoms with E-state index >= 15 is 0 Å². The van der Waals surface area contributed by atoms with Gasteiger partial charge in [-0.05, 0) is 14.1 Å². The van der Waals surface area contributed by atoms with E-state index in [2.05, 4.69) is 39.7 Å². The summed E-state index contributed by atoms with van der Waals surface area (Å²) in [6.45, 7) is 1.44. The number of thiazole rings is 1. The van der Waals surface area contributed by atoms with Gasteiger partial charge in [0, 0.05) is 48.4 Å². The van der Waals surface area contributed by atoms with E-state index in [1.165, 1.54) is 5.01 Å². The maximum absolute atomic E-state index is 10.4. The lowest BCUT2D eigenvalue weighted by atomic mass is 10.4. The number of rotatable bonds is 10. The lowest BCUT2D eigenvalue weighted by Crippen LogP contribution is -2.31. The van der Waals surface area contributed by atoms with Crippen molar-refractivity contribution in [3.63, 3.8) is 0 Å². The van der Waals surface area contributed by atoms with E-state index < -0.39 is 0 Å². The number of nitro groups is 1. The summed E-state index contributed by atoms with van der Waals surface area (Å²) in [5.74, 6) is 2.15. The molecule has 1 aromatic heterocycles. The highest BCUT2D eigenvalue weighted by Gasteiger charge is 2.06. The van der Waals surface area contributed by atoms with Gasteiger partial charge in [0.25, 0.3) is 6.54 Å². The number of nitrogens with one attached hydrogen (secondary N) is 1. The first-order valence-corrected chi connectivity index (χ1v) is 9.01. The van der Waals surface area contributed by atoms with Crippen LogP contribution in [-0.2, 0) is 12.2 Å². The van der Waals surface area contributed by atoms with E-state index in [-0.39, 0.29) is 11.5 Å². The zero-order valence-corrected chi connectivity index (χ0v) is 14.9. The van der Waals surface area contributed by atoms with Gasteiger partial charge in [-0.25, -0.2) is 4.98 Å². The van der Waals surface area contributed by atoms with Gasteiger partial charge in [-0.3, -0.25) is 15.1 Å². The lowest BCUT2D eigenvalue weighted by molar-refractivity contribution is -0.463. The van der Waals surface area contributed by atoms with Gasteiger partial charge in [0.15, 0.2) is 5.84 Å². The van der Waals surface area contributed by atoms with Gasteiger partial charge in [0.2, 0.25) is 0 Å². The number of amidine groups is 1. The van der Waals surface area contributed by atoms with Crippen LogP contribution in [0.5, 0.6) is 0 Å². The minimum Gasteiger partial charge on any atom is -0.368 e. The zero-order valence-electron chi connectivity index (χ0n) is 13.2. The summed E-state index contributed by atoms with van der Waals surface area (Å²) < 4.78 is 0. The van der Waals surface area contributed by atoms with Crippen LogP contribution in [0.4, 0.5) is 0 Å². The molecule has 1 aromatic rings. The van der Waals surface area contributed by atoms with Crippen LogP contribution >= 0.6 is 23.1 Å². The van der Waals surface area contributed by atoms with Crippen molar-refractivity contribution in [3.05, 3.63) is 26.2 Å². The number of hydrogen-bond acceptors (Lipinski definition) is 7. The predicted octanol–water partition coefficient (Wildman–Crippen LogP) is 1.37. The molecule has 0 fully saturated rings. The number of hydrogen-bond donors (Lipinski definition) is 1. The maximum atomic E-state index is 10.4. The summed E-state index contributed by atoms with van der Waals surface area (Å²) in [6, 6.07) is 0. The molecule has 0 spiro atoms. The molecule has 0 saturated carbocycles. The normalized spacial score (nSPS) is 11.9. The van der Waals surface area contributed by atoms with E-state index in [4.69, 9.17) is 0 Å². The fraction of sp³-hybridized carbons (Fsp3) is 0.692. The lowest BCUT2D eigenvalue weighted by Gasteiger charge is -2.06. The molecule has 0 unspecified atom stereocenters. The van der Waals surface area contributed by atoms with Crippen molar-refractivity contribution >= 4 is 28.9 Å². The molecule has 22 heavy (non-hydrogen) atoms. The van der Waals surface area contributed by atoms with Gasteiger partial charge < -0.3 is 10.2 Å². The highest BCUT2D eigenvalue weighted by molar-refractivity contribution is 7.98. The second-order valence-electron chi connectivity index (χ2n) is 4.93. The molecule has 7 nitrogen and oxygen atoms in total. The van der Waals surface area contributed by atoms with E-state index in [9.17, 15) is 10.1 Å². The Morgan fingerprint density at radius 2 is 2.36 bits per heavy atom. The van der Waals surface area contributed by atoms with Crippen LogP contribution in [0.2, 0.25) is 0 Å². The monoisotopic (exact) mass is 345 g/mol. The summed E-state index contributed by atoms with van der Waals surface area (Å²) in [4.78, 5) is 20.6. The summed E-state index contributed by atoms with van der Waals surface area (Å²) in [5.41, 5.74) is 1.11. The topological polar surface area (TPSA) is 83.7 Å². The smallest absolute Gasteiger partial charge is 0.259 e. The van der Waals surface area contributed by atoms with E-state index in [0.29, 0.717) is 12.4 Å². The van der Waals surface area contributed by atoms with Crippen molar-refractivity contribution in [2.24, 2.45) is 4.99 Å². The summed E-state index contributed by atoms with van der Waals surface area (Å²) >= 11 is 3.47. The molecule has 0 bridgehead atoms. The average Bonchev–Trinajstić information content (AvgIpc) is 2.91. The van der Waals surface area contributed by atoms with Gasteiger partial charge in [0.1, 0.15) is 0 Å². The highest BCUT2D eigenvalue weighted by Crippen LogP contribution is 2.16. The van der Waals surface area contributed by atoms with Crippen LogP contribution < -0.4 is 5.32 Å². The first kappa shape index (κ1) is 18.9. The van der Waals surface area contributed by atoms with Crippen molar-refractivity contribution < 1.29 is 4.92 Å². The summed E-state index contributed by atoms with van der Waals surface area (Å²) in [5, 5.41) is 16.7. The fourth-order valence-electron chi connectivity index (χ4n) is 1.62. The van der Waals surface area contributed by atoms with E-state index in [1.807, 2.05) is 0 Å². The van der Waals surface area contributed by atoms with Gasteiger partial charge in [-0.15, -0.1) is 11.3 Å². The first-order valence-electron chi connectivity index (χ1n) is 6.98. The molecule has 1 rings (SSSR count). The Bertz CT molecular complexity index is 491. The molecule has 0 aliphatic rings. The van der Waals surface area contributed by atoms with Gasteiger partial charge in [-0.1, -0.05) is 0 Å². The zero-order chi connectivity index (χ0) is 16.4. The predicted molar refractivity (Wildman–Crippen MR) is 93.8 cm³/mol. The minimum absolute atomic E-state index is 0.248. The quantitative estimate of drug-likeness (QED) is 0.227. The third-order valence-corrected chi connectivity index (χ3v) is 4.70. The number of likely N-dealkylation sites (N-methyl/N-ethyl adjacent to an activating group) is 1. The van der Waals surface area contributed by atoms with Crippen molar-refractivity contribution in [2.75, 3.05) is 46.5 Å². The molecule has 0 amide bonds. The number of aliphatic imine (C=N–C) groups is 1. The average molecular weight is 345 g/mol. The van der Waals surface area contributed by atoms with Crippen LogP contribution in [0.3, 0.4) is 0 Å². The maximum Gasteiger partial charge on any atom is 0.259 e. The molecule has 0 aliphatic carbocycles. The van der Waals surface area contributed by atoms with Gasteiger partial charge in [-0.2, -0.15) is 11.8 Å². The molecular formula is C13H23N5O2S2. The van der Waals surface area contributed by atoms with Crippen LogP contribution in [-0.4, -0.2) is 67.2 Å². The molecule has 1 N–H and O–H groups in total. The molecular weight excluding hydrogens is 322 g/mol. The SMILES string of the molecule is CN=C(C[N+](=O)[O-])NCCSCc1csc(CCN(C)C)n1. The first-order chi connectivity index (χ1) is 10.5. The second-order valence-corrected chi connectivity index (χ2v) is 6.97. The molecule has 9 heteroatoms.